The van der Waals surface area contributed by atoms with Crippen LogP contribution in [0.4, 0.5) is 0 Å². The van der Waals surface area contributed by atoms with Gasteiger partial charge in [0.25, 0.3) is 11.5 Å². The normalized spacial score (nSPS) is 16.7. The molecular formula is C20H19ClN4O4. The summed E-state index contributed by atoms with van der Waals surface area (Å²) in [5.74, 6) is 0.694. The van der Waals surface area contributed by atoms with Gasteiger partial charge >= 0.3 is 5.69 Å². The van der Waals surface area contributed by atoms with E-state index in [9.17, 15) is 14.4 Å². The molecule has 3 aromatic rings. The van der Waals surface area contributed by atoms with E-state index in [2.05, 4.69) is 15.0 Å². The number of H-pyrrole nitrogens is 2. The molecule has 4 rings (SSSR count). The number of hydrogen-bond donors (Lipinski definition) is 2. The van der Waals surface area contributed by atoms with Gasteiger partial charge in [0.2, 0.25) is 5.89 Å². The third-order valence-electron chi connectivity index (χ3n) is 4.88. The van der Waals surface area contributed by atoms with Crippen LogP contribution in [0.3, 0.4) is 0 Å². The Morgan fingerprint density at radius 2 is 2.10 bits per heavy atom. The topological polar surface area (TPSA) is 112 Å². The molecular weight excluding hydrogens is 396 g/mol. The third kappa shape index (κ3) is 4.32. The van der Waals surface area contributed by atoms with Gasteiger partial charge in [0.05, 0.1) is 6.20 Å². The van der Waals surface area contributed by atoms with Crippen molar-refractivity contribution in [1.82, 2.24) is 19.9 Å². The lowest BCUT2D eigenvalue weighted by Gasteiger charge is -2.33. The first kappa shape index (κ1) is 19.2. The van der Waals surface area contributed by atoms with Gasteiger partial charge in [-0.1, -0.05) is 23.7 Å². The molecule has 8 nitrogen and oxygen atoms in total. The molecule has 1 aliphatic heterocycles. The highest BCUT2D eigenvalue weighted by molar-refractivity contribution is 6.30. The van der Waals surface area contributed by atoms with Crippen molar-refractivity contribution in [3.63, 3.8) is 0 Å². The van der Waals surface area contributed by atoms with Crippen LogP contribution in [-0.2, 0) is 6.42 Å². The van der Waals surface area contributed by atoms with Crippen molar-refractivity contribution in [2.24, 2.45) is 0 Å². The molecule has 9 heteroatoms. The van der Waals surface area contributed by atoms with Gasteiger partial charge in [-0.25, -0.2) is 9.78 Å². The quantitative estimate of drug-likeness (QED) is 0.681. The number of likely N-dealkylation sites (tertiary alicyclic amines) is 1. The first-order valence-electron chi connectivity index (χ1n) is 9.33. The van der Waals surface area contributed by atoms with Crippen LogP contribution in [-0.4, -0.2) is 32.3 Å². The maximum Gasteiger partial charge on any atom is 0.326 e. The highest BCUT2D eigenvalue weighted by atomic mass is 35.5. The predicted molar refractivity (Wildman–Crippen MR) is 106 cm³/mol. The molecule has 1 amide bonds. The zero-order valence-corrected chi connectivity index (χ0v) is 16.2. The Kier molecular flexibility index (Phi) is 5.35. The number of aromatic amines is 2. The summed E-state index contributed by atoms with van der Waals surface area (Å²) < 4.78 is 5.94. The summed E-state index contributed by atoms with van der Waals surface area (Å²) in [6.45, 7) is 0.490. The number of nitrogens with one attached hydrogen (secondary N) is 2. The first-order chi connectivity index (χ1) is 14.0. The molecule has 29 heavy (non-hydrogen) atoms. The summed E-state index contributed by atoms with van der Waals surface area (Å²) in [6, 6.07) is 8.24. The van der Waals surface area contributed by atoms with Gasteiger partial charge in [-0.15, -0.1) is 0 Å². The third-order valence-corrected chi connectivity index (χ3v) is 5.11. The Morgan fingerprint density at radius 3 is 2.90 bits per heavy atom. The van der Waals surface area contributed by atoms with E-state index in [-0.39, 0.29) is 11.7 Å². The molecule has 1 atom stereocenters. The fraction of sp³-hybridized carbons (Fsp3) is 0.300. The van der Waals surface area contributed by atoms with E-state index in [1.807, 2.05) is 18.2 Å². The number of carbonyl (C=O) groups excluding carboxylic acids is 1. The number of hydrogen-bond acceptors (Lipinski definition) is 5. The summed E-state index contributed by atoms with van der Waals surface area (Å²) in [7, 11) is 0. The van der Waals surface area contributed by atoms with E-state index in [0.29, 0.717) is 36.1 Å². The van der Waals surface area contributed by atoms with E-state index < -0.39 is 17.2 Å². The largest absolute Gasteiger partial charge is 0.443 e. The second-order valence-corrected chi connectivity index (χ2v) is 7.42. The second-order valence-electron chi connectivity index (χ2n) is 6.98. The molecule has 0 bridgehead atoms. The summed E-state index contributed by atoms with van der Waals surface area (Å²) in [5, 5.41) is 0.651. The lowest BCUT2D eigenvalue weighted by molar-refractivity contribution is 0.0563. The average Bonchev–Trinajstić information content (AvgIpc) is 3.15. The molecule has 2 aromatic heterocycles. The Hall–Kier alpha value is -3.13. The maximum absolute atomic E-state index is 12.9. The van der Waals surface area contributed by atoms with Crippen molar-refractivity contribution in [1.29, 1.82) is 0 Å². The highest BCUT2D eigenvalue weighted by Gasteiger charge is 2.32. The molecule has 0 spiro atoms. The molecule has 0 aliphatic carbocycles. The smallest absolute Gasteiger partial charge is 0.326 e. The van der Waals surface area contributed by atoms with Gasteiger partial charge < -0.3 is 14.3 Å². The number of aromatic nitrogens is 3. The molecule has 0 saturated carbocycles. The number of oxazole rings is 1. The van der Waals surface area contributed by atoms with Crippen molar-refractivity contribution in [2.75, 3.05) is 6.54 Å². The zero-order chi connectivity index (χ0) is 20.4. The fourth-order valence-electron chi connectivity index (χ4n) is 3.58. The minimum absolute atomic E-state index is 0.0450. The van der Waals surface area contributed by atoms with Crippen molar-refractivity contribution in [3.8, 4) is 0 Å². The minimum Gasteiger partial charge on any atom is -0.443 e. The number of rotatable bonds is 4. The van der Waals surface area contributed by atoms with E-state index >= 15 is 0 Å². The molecule has 1 fully saturated rings. The van der Waals surface area contributed by atoms with Crippen molar-refractivity contribution < 1.29 is 9.21 Å². The van der Waals surface area contributed by atoms with Crippen LogP contribution in [0, 0.1) is 0 Å². The van der Waals surface area contributed by atoms with Crippen LogP contribution >= 0.6 is 11.6 Å². The standard InChI is InChI=1S/C20H19ClN4O4/c21-13-5-3-4-12(8-13)9-14-11-22-18(29-14)16-6-1-2-7-25(16)19(27)15-10-17(26)24-20(28)23-15/h3-5,8,10-11,16H,1-2,6-7,9H2,(H2,23,24,26,28)/t16-/m0/s1. The van der Waals surface area contributed by atoms with Gasteiger partial charge in [-0.3, -0.25) is 14.6 Å². The van der Waals surface area contributed by atoms with E-state index in [0.717, 1.165) is 24.5 Å². The predicted octanol–water partition coefficient (Wildman–Crippen LogP) is 2.66. The van der Waals surface area contributed by atoms with Gasteiger partial charge in [0.1, 0.15) is 17.5 Å². The minimum atomic E-state index is -0.714. The summed E-state index contributed by atoms with van der Waals surface area (Å²) >= 11 is 6.03. The average molecular weight is 415 g/mol. The highest BCUT2D eigenvalue weighted by Crippen LogP contribution is 2.32. The molecule has 1 saturated heterocycles. The van der Waals surface area contributed by atoms with Crippen molar-refractivity contribution in [3.05, 3.63) is 85.3 Å². The Balaban J connectivity index is 1.58. The maximum atomic E-state index is 12.9. The van der Waals surface area contributed by atoms with Crippen LogP contribution in [0.15, 0.2) is 50.5 Å². The number of piperidine rings is 1. The van der Waals surface area contributed by atoms with Gasteiger partial charge in [-0.05, 0) is 37.0 Å². The number of nitrogens with zero attached hydrogens (tertiary/aromatic N) is 2. The Labute approximate surface area is 170 Å². The van der Waals surface area contributed by atoms with E-state index in [1.165, 1.54) is 0 Å². The monoisotopic (exact) mass is 414 g/mol. The molecule has 1 aliphatic rings. The van der Waals surface area contributed by atoms with Gasteiger partial charge in [-0.2, -0.15) is 0 Å². The summed E-state index contributed by atoms with van der Waals surface area (Å²) in [6.07, 6.45) is 4.63. The molecule has 150 valence electrons. The number of carbonyl (C=O) groups is 1. The van der Waals surface area contributed by atoms with Crippen LogP contribution in [0.25, 0.3) is 0 Å². The SMILES string of the molecule is O=C(c1cc(=O)[nH]c(=O)[nH]1)N1CCCC[C@H]1c1ncc(Cc2cccc(Cl)c2)o1. The molecule has 0 radical (unpaired) electrons. The van der Waals surface area contributed by atoms with Gasteiger partial charge in [0.15, 0.2) is 0 Å². The van der Waals surface area contributed by atoms with Crippen LogP contribution in [0.1, 0.15) is 53.0 Å². The van der Waals surface area contributed by atoms with Gasteiger partial charge in [0, 0.05) is 24.1 Å². The van der Waals surface area contributed by atoms with E-state index in [1.54, 1.807) is 17.2 Å². The fourth-order valence-corrected chi connectivity index (χ4v) is 3.79. The Bertz CT molecular complexity index is 1120. The van der Waals surface area contributed by atoms with Crippen molar-refractivity contribution >= 4 is 17.5 Å². The number of amides is 1. The van der Waals surface area contributed by atoms with Crippen molar-refractivity contribution in [2.45, 2.75) is 31.7 Å². The number of halogens is 1. The summed E-state index contributed by atoms with van der Waals surface area (Å²) in [5.41, 5.74) is -0.380. The zero-order valence-electron chi connectivity index (χ0n) is 15.5. The molecule has 0 unspecified atom stereocenters. The Morgan fingerprint density at radius 1 is 1.24 bits per heavy atom. The first-order valence-corrected chi connectivity index (χ1v) is 9.71. The molecule has 3 heterocycles. The van der Waals surface area contributed by atoms with Crippen LogP contribution in [0.5, 0.6) is 0 Å². The van der Waals surface area contributed by atoms with Crippen LogP contribution in [0.2, 0.25) is 5.02 Å². The lowest BCUT2D eigenvalue weighted by atomic mass is 10.0. The molecule has 2 N–H and O–H groups in total. The summed E-state index contributed by atoms with van der Waals surface area (Å²) in [4.78, 5) is 46.5. The lowest BCUT2D eigenvalue weighted by Crippen LogP contribution is -2.40. The molecule has 1 aromatic carbocycles. The van der Waals surface area contributed by atoms with Crippen LogP contribution < -0.4 is 11.2 Å². The second kappa shape index (κ2) is 8.08. The number of benzene rings is 1. The van der Waals surface area contributed by atoms with E-state index in [4.69, 9.17) is 16.0 Å².